The highest BCUT2D eigenvalue weighted by molar-refractivity contribution is 5.16. The van der Waals surface area contributed by atoms with Gasteiger partial charge in [-0.15, -0.1) is 0 Å². The van der Waals surface area contributed by atoms with Gasteiger partial charge in [0.15, 0.2) is 0 Å². The van der Waals surface area contributed by atoms with Crippen LogP contribution in [0.2, 0.25) is 0 Å². The van der Waals surface area contributed by atoms with Gasteiger partial charge >= 0.3 is 0 Å². The third kappa shape index (κ3) is 1.03. The maximum absolute atomic E-state index is 4.01. The summed E-state index contributed by atoms with van der Waals surface area (Å²) in [6.07, 6.45) is 13.5. The van der Waals surface area contributed by atoms with Gasteiger partial charge in [-0.05, 0) is 25.3 Å². The van der Waals surface area contributed by atoms with E-state index in [0.29, 0.717) is 0 Å². The second kappa shape index (κ2) is 2.52. The van der Waals surface area contributed by atoms with Crippen LogP contribution in [0.1, 0.15) is 6.92 Å². The van der Waals surface area contributed by atoms with E-state index in [1.807, 2.05) is 29.1 Å². The van der Waals surface area contributed by atoms with Crippen molar-refractivity contribution in [3.63, 3.8) is 0 Å². The highest BCUT2D eigenvalue weighted by Crippen LogP contribution is 2.15. The number of nitrogens with one attached hydrogen (secondary N) is 1. The predicted octanol–water partition coefficient (Wildman–Crippen LogP) is 1.23. The van der Waals surface area contributed by atoms with Crippen LogP contribution in [0.4, 0.5) is 0 Å². The Morgan fingerprint density at radius 1 is 1.42 bits per heavy atom. The van der Waals surface area contributed by atoms with Gasteiger partial charge in [0.2, 0.25) is 0 Å². The Hall–Kier alpha value is -1.51. The normalized spacial score (nSPS) is 27.1. The Kier molecular flexibility index (Phi) is 1.50. The lowest BCUT2D eigenvalue weighted by molar-refractivity contribution is 0.358. The summed E-state index contributed by atoms with van der Waals surface area (Å²) in [5.41, 5.74) is -0.161. The number of hydrogen-bond acceptors (Lipinski definition) is 2. The monoisotopic (exact) mass is 161 g/mol. The first-order valence-electron chi connectivity index (χ1n) is 3.92. The molecule has 1 unspecified atom stereocenters. The number of allylic oxidation sites excluding steroid dienone is 2. The van der Waals surface area contributed by atoms with Crippen molar-refractivity contribution in [2.24, 2.45) is 0 Å². The van der Waals surface area contributed by atoms with Crippen LogP contribution in [-0.2, 0) is 5.66 Å². The molecule has 2 heterocycles. The summed E-state index contributed by atoms with van der Waals surface area (Å²) in [4.78, 5) is 4.01. The van der Waals surface area contributed by atoms with Gasteiger partial charge in [0.25, 0.3) is 0 Å². The average molecular weight is 161 g/mol. The highest BCUT2D eigenvalue weighted by atomic mass is 15.2. The Morgan fingerprint density at radius 3 is 2.92 bits per heavy atom. The maximum atomic E-state index is 4.01. The molecule has 0 aliphatic carbocycles. The minimum Gasteiger partial charge on any atom is -0.365 e. The minimum absolute atomic E-state index is 0.161. The first-order valence-corrected chi connectivity index (χ1v) is 3.92. The number of aromatic nitrogens is 2. The van der Waals surface area contributed by atoms with Gasteiger partial charge in [-0.3, -0.25) is 0 Å². The van der Waals surface area contributed by atoms with Gasteiger partial charge in [0.05, 0.1) is 6.33 Å². The van der Waals surface area contributed by atoms with Gasteiger partial charge in [-0.2, -0.15) is 0 Å². The van der Waals surface area contributed by atoms with Crippen LogP contribution in [0.25, 0.3) is 0 Å². The van der Waals surface area contributed by atoms with Crippen molar-refractivity contribution in [1.29, 1.82) is 0 Å². The van der Waals surface area contributed by atoms with E-state index >= 15 is 0 Å². The molecule has 12 heavy (non-hydrogen) atoms. The van der Waals surface area contributed by atoms with Gasteiger partial charge in [0, 0.05) is 12.4 Å². The smallest absolute Gasteiger partial charge is 0.131 e. The first kappa shape index (κ1) is 7.16. The third-order valence-corrected chi connectivity index (χ3v) is 2.04. The molecule has 3 heteroatoms. The lowest BCUT2D eigenvalue weighted by Crippen LogP contribution is -2.40. The summed E-state index contributed by atoms with van der Waals surface area (Å²) < 4.78 is 2.02. The van der Waals surface area contributed by atoms with E-state index < -0.39 is 0 Å². The van der Waals surface area contributed by atoms with Gasteiger partial charge in [-0.25, -0.2) is 4.98 Å². The topological polar surface area (TPSA) is 29.9 Å². The van der Waals surface area contributed by atoms with Crippen molar-refractivity contribution in [1.82, 2.24) is 14.9 Å². The summed E-state index contributed by atoms with van der Waals surface area (Å²) >= 11 is 0. The van der Waals surface area contributed by atoms with E-state index in [1.165, 1.54) is 0 Å². The molecule has 1 N–H and O–H groups in total. The van der Waals surface area contributed by atoms with Crippen LogP contribution < -0.4 is 5.32 Å². The van der Waals surface area contributed by atoms with Crippen molar-refractivity contribution in [2.75, 3.05) is 0 Å². The van der Waals surface area contributed by atoms with Crippen LogP contribution in [-0.4, -0.2) is 9.55 Å². The van der Waals surface area contributed by atoms with E-state index in [0.717, 1.165) is 0 Å². The predicted molar refractivity (Wildman–Crippen MR) is 47.3 cm³/mol. The average Bonchev–Trinajstić information content (AvgIpc) is 2.58. The highest BCUT2D eigenvalue weighted by Gasteiger charge is 2.20. The molecule has 0 bridgehead atoms. The van der Waals surface area contributed by atoms with Gasteiger partial charge < -0.3 is 9.88 Å². The molecule has 3 nitrogen and oxygen atoms in total. The van der Waals surface area contributed by atoms with E-state index in [-0.39, 0.29) is 5.66 Å². The van der Waals surface area contributed by atoms with Crippen molar-refractivity contribution >= 4 is 0 Å². The molecule has 0 saturated heterocycles. The zero-order chi connectivity index (χ0) is 8.44. The lowest BCUT2D eigenvalue weighted by atomic mass is 10.1. The molecule has 1 aromatic rings. The fourth-order valence-electron chi connectivity index (χ4n) is 1.26. The van der Waals surface area contributed by atoms with Crippen LogP contribution in [0.15, 0.2) is 43.1 Å². The second-order valence-electron chi connectivity index (χ2n) is 2.98. The Labute approximate surface area is 71.4 Å². The molecule has 0 amide bonds. The number of rotatable bonds is 1. The molecule has 62 valence electrons. The standard InChI is InChI=1S/C9H11N3/c1-9(4-2-3-5-11-9)12-7-6-10-8-12/h2-8,11H,1H3. The van der Waals surface area contributed by atoms with E-state index in [4.69, 9.17) is 0 Å². The molecule has 0 saturated carbocycles. The van der Waals surface area contributed by atoms with E-state index in [1.54, 1.807) is 12.5 Å². The Balaban J connectivity index is 2.34. The maximum Gasteiger partial charge on any atom is 0.131 e. The Bertz CT molecular complexity index is 311. The van der Waals surface area contributed by atoms with E-state index in [9.17, 15) is 0 Å². The molecule has 0 aromatic carbocycles. The fraction of sp³-hybridized carbons (Fsp3) is 0.222. The SMILES string of the molecule is CC1(n2ccnc2)C=CC=CN1. The number of dihydropyridines is 1. The molecule has 1 aliphatic rings. The second-order valence-corrected chi connectivity index (χ2v) is 2.98. The zero-order valence-corrected chi connectivity index (χ0v) is 6.94. The molecular formula is C9H11N3. The minimum atomic E-state index is -0.161. The third-order valence-electron chi connectivity index (χ3n) is 2.04. The number of imidazole rings is 1. The summed E-state index contributed by atoms with van der Waals surface area (Å²) in [6.45, 7) is 2.09. The summed E-state index contributed by atoms with van der Waals surface area (Å²) in [5.74, 6) is 0. The molecule has 1 atom stereocenters. The van der Waals surface area contributed by atoms with Crippen LogP contribution in [0, 0.1) is 0 Å². The van der Waals surface area contributed by atoms with Gasteiger partial charge in [0.1, 0.15) is 5.66 Å². The summed E-state index contributed by atoms with van der Waals surface area (Å²) in [7, 11) is 0. The largest absolute Gasteiger partial charge is 0.365 e. The fourth-order valence-corrected chi connectivity index (χ4v) is 1.26. The van der Waals surface area contributed by atoms with Crippen molar-refractivity contribution in [3.8, 4) is 0 Å². The van der Waals surface area contributed by atoms with Crippen molar-refractivity contribution in [3.05, 3.63) is 43.1 Å². The zero-order valence-electron chi connectivity index (χ0n) is 6.94. The van der Waals surface area contributed by atoms with Crippen LogP contribution >= 0.6 is 0 Å². The van der Waals surface area contributed by atoms with Gasteiger partial charge in [-0.1, -0.05) is 6.08 Å². The molecular weight excluding hydrogens is 150 g/mol. The van der Waals surface area contributed by atoms with Crippen LogP contribution in [0.5, 0.6) is 0 Å². The number of nitrogens with zero attached hydrogens (tertiary/aromatic N) is 2. The van der Waals surface area contributed by atoms with Crippen molar-refractivity contribution < 1.29 is 0 Å². The molecule has 0 fully saturated rings. The molecule has 0 radical (unpaired) electrons. The molecule has 2 rings (SSSR count). The Morgan fingerprint density at radius 2 is 2.33 bits per heavy atom. The van der Waals surface area contributed by atoms with Crippen LogP contribution in [0.3, 0.4) is 0 Å². The molecule has 0 spiro atoms. The quantitative estimate of drug-likeness (QED) is 0.671. The summed E-state index contributed by atoms with van der Waals surface area (Å²) in [5, 5.41) is 3.25. The molecule has 1 aliphatic heterocycles. The first-order chi connectivity index (χ1) is 5.81. The summed E-state index contributed by atoms with van der Waals surface area (Å²) in [6, 6.07) is 0. The number of hydrogen-bond donors (Lipinski definition) is 1. The molecule has 1 aromatic heterocycles. The lowest BCUT2D eigenvalue weighted by Gasteiger charge is -2.29. The van der Waals surface area contributed by atoms with E-state index in [2.05, 4.69) is 23.3 Å². The van der Waals surface area contributed by atoms with Crippen molar-refractivity contribution in [2.45, 2.75) is 12.6 Å².